The van der Waals surface area contributed by atoms with Gasteiger partial charge in [-0.05, 0) is 48.4 Å². The molecule has 33 heavy (non-hydrogen) atoms. The van der Waals surface area contributed by atoms with E-state index < -0.39 is 0 Å². The summed E-state index contributed by atoms with van der Waals surface area (Å²) in [4.78, 5) is 15.5. The lowest BCUT2D eigenvalue weighted by atomic mass is 9.97. The summed E-state index contributed by atoms with van der Waals surface area (Å²) in [7, 11) is 0. The van der Waals surface area contributed by atoms with E-state index in [1.54, 1.807) is 18.2 Å². The molecule has 0 saturated carbocycles. The number of nitrogens with one attached hydrogen (secondary N) is 1. The molecule has 0 aromatic heterocycles. The molecule has 1 N–H and O–H groups in total. The molecule has 3 aromatic rings. The number of fused-ring (bicyclic) bond motifs is 1. The van der Waals surface area contributed by atoms with Crippen molar-refractivity contribution in [3.8, 4) is 11.5 Å². The van der Waals surface area contributed by atoms with E-state index >= 15 is 0 Å². The summed E-state index contributed by atoms with van der Waals surface area (Å²) in [5, 5.41) is 5.58. The highest BCUT2D eigenvalue weighted by Crippen LogP contribution is 2.30. The van der Waals surface area contributed by atoms with Crippen molar-refractivity contribution in [3.05, 3.63) is 71.8 Å². The molecule has 6 nitrogen and oxygen atoms in total. The van der Waals surface area contributed by atoms with Crippen molar-refractivity contribution in [1.29, 1.82) is 0 Å². The quantitative estimate of drug-likeness (QED) is 0.524. The molecule has 1 aliphatic rings. The molecule has 4 rings (SSSR count). The number of morpholine rings is 1. The molecule has 6 heteroatoms. The lowest BCUT2D eigenvalue weighted by Gasteiger charge is -2.35. The van der Waals surface area contributed by atoms with Crippen LogP contribution in [-0.4, -0.2) is 56.9 Å². The van der Waals surface area contributed by atoms with Gasteiger partial charge in [-0.25, -0.2) is 0 Å². The van der Waals surface area contributed by atoms with E-state index in [0.717, 1.165) is 13.1 Å². The molecule has 1 unspecified atom stereocenters. The van der Waals surface area contributed by atoms with Crippen molar-refractivity contribution >= 4 is 16.7 Å². The zero-order chi connectivity index (χ0) is 23.0. The van der Waals surface area contributed by atoms with Crippen molar-refractivity contribution in [2.24, 2.45) is 0 Å². The standard InChI is InChI=1S/C27H32N2O4/c1-3-32-25-13-12-21(18-26(25)33-4-2)27(30)28-19-24(29-14-16-31-17-15-29)23-11-7-9-20-8-5-6-10-22(20)23/h5-13,18,24H,3-4,14-17,19H2,1-2H3,(H,28,30). The molecule has 3 aromatic carbocycles. The van der Waals surface area contributed by atoms with Crippen molar-refractivity contribution in [2.45, 2.75) is 19.9 Å². The van der Waals surface area contributed by atoms with Crippen LogP contribution in [0, 0.1) is 0 Å². The van der Waals surface area contributed by atoms with Crippen molar-refractivity contribution < 1.29 is 19.0 Å². The van der Waals surface area contributed by atoms with Crippen LogP contribution in [0.2, 0.25) is 0 Å². The molecule has 0 aliphatic carbocycles. The fourth-order valence-corrected chi connectivity index (χ4v) is 4.35. The van der Waals surface area contributed by atoms with Crippen LogP contribution in [0.15, 0.2) is 60.7 Å². The third-order valence-electron chi connectivity index (χ3n) is 5.93. The van der Waals surface area contributed by atoms with Crippen LogP contribution in [0.25, 0.3) is 10.8 Å². The van der Waals surface area contributed by atoms with E-state index in [1.165, 1.54) is 16.3 Å². The number of amides is 1. The topological polar surface area (TPSA) is 60.0 Å². The Morgan fingerprint density at radius 1 is 0.970 bits per heavy atom. The van der Waals surface area contributed by atoms with Gasteiger partial charge < -0.3 is 19.5 Å². The predicted octanol–water partition coefficient (Wildman–Crippen LogP) is 4.44. The number of hydrogen-bond acceptors (Lipinski definition) is 5. The minimum Gasteiger partial charge on any atom is -0.490 e. The molecule has 1 fully saturated rings. The van der Waals surface area contributed by atoms with Gasteiger partial charge in [0.05, 0.1) is 32.5 Å². The van der Waals surface area contributed by atoms with E-state index in [0.29, 0.717) is 50.0 Å². The number of ether oxygens (including phenoxy) is 3. The van der Waals surface area contributed by atoms with Gasteiger partial charge in [0.2, 0.25) is 0 Å². The number of carbonyl (C=O) groups excluding carboxylic acids is 1. The van der Waals surface area contributed by atoms with Gasteiger partial charge in [0.1, 0.15) is 0 Å². The van der Waals surface area contributed by atoms with E-state index in [-0.39, 0.29) is 11.9 Å². The van der Waals surface area contributed by atoms with Crippen LogP contribution in [0.1, 0.15) is 35.8 Å². The van der Waals surface area contributed by atoms with Gasteiger partial charge in [-0.2, -0.15) is 0 Å². The maximum absolute atomic E-state index is 13.1. The van der Waals surface area contributed by atoms with E-state index in [1.807, 2.05) is 13.8 Å². The van der Waals surface area contributed by atoms with Crippen LogP contribution < -0.4 is 14.8 Å². The number of nitrogens with zero attached hydrogens (tertiary/aromatic N) is 1. The molecule has 0 bridgehead atoms. The summed E-state index contributed by atoms with van der Waals surface area (Å²) in [5.41, 5.74) is 1.78. The Bertz CT molecular complexity index is 1070. The second kappa shape index (κ2) is 11.2. The number of rotatable bonds is 9. The second-order valence-electron chi connectivity index (χ2n) is 7.97. The van der Waals surface area contributed by atoms with Crippen molar-refractivity contribution in [3.63, 3.8) is 0 Å². The molecule has 1 atom stereocenters. The first-order chi connectivity index (χ1) is 16.2. The van der Waals surface area contributed by atoms with Crippen molar-refractivity contribution in [1.82, 2.24) is 10.2 Å². The zero-order valence-corrected chi connectivity index (χ0v) is 19.4. The molecule has 1 amide bonds. The normalized spacial score (nSPS) is 15.2. The van der Waals surface area contributed by atoms with Gasteiger partial charge in [0.25, 0.3) is 5.91 Å². The second-order valence-corrected chi connectivity index (χ2v) is 7.97. The van der Waals surface area contributed by atoms with Gasteiger partial charge in [-0.3, -0.25) is 9.69 Å². The average molecular weight is 449 g/mol. The molecule has 174 valence electrons. The Morgan fingerprint density at radius 3 is 2.48 bits per heavy atom. The first kappa shape index (κ1) is 23.1. The lowest BCUT2D eigenvalue weighted by Crippen LogP contribution is -2.43. The van der Waals surface area contributed by atoms with Gasteiger partial charge in [0, 0.05) is 25.2 Å². The molecule has 1 saturated heterocycles. The third kappa shape index (κ3) is 5.46. The molecule has 0 radical (unpaired) electrons. The SMILES string of the molecule is CCOc1ccc(C(=O)NCC(c2cccc3ccccc23)N2CCOCC2)cc1OCC. The summed E-state index contributed by atoms with van der Waals surface area (Å²) < 4.78 is 16.9. The fraction of sp³-hybridized carbons (Fsp3) is 0.370. The van der Waals surface area contributed by atoms with Crippen LogP contribution >= 0.6 is 0 Å². The molecule has 1 aliphatic heterocycles. The number of carbonyl (C=O) groups is 1. The zero-order valence-electron chi connectivity index (χ0n) is 19.4. The van der Waals surface area contributed by atoms with Gasteiger partial charge in [0.15, 0.2) is 11.5 Å². The maximum Gasteiger partial charge on any atom is 0.251 e. The first-order valence-corrected chi connectivity index (χ1v) is 11.7. The highest BCUT2D eigenvalue weighted by Gasteiger charge is 2.25. The minimum atomic E-state index is -0.127. The van der Waals surface area contributed by atoms with Gasteiger partial charge in [-0.1, -0.05) is 42.5 Å². The Hall–Kier alpha value is -3.09. The van der Waals surface area contributed by atoms with Crippen LogP contribution in [0.5, 0.6) is 11.5 Å². The highest BCUT2D eigenvalue weighted by atomic mass is 16.5. The Kier molecular flexibility index (Phi) is 7.81. The summed E-state index contributed by atoms with van der Waals surface area (Å²) in [6, 6.07) is 20.2. The fourth-order valence-electron chi connectivity index (χ4n) is 4.35. The molecule has 1 heterocycles. The van der Waals surface area contributed by atoms with Crippen molar-refractivity contribution in [2.75, 3.05) is 46.1 Å². The largest absolute Gasteiger partial charge is 0.490 e. The number of benzene rings is 3. The van der Waals surface area contributed by atoms with Gasteiger partial charge >= 0.3 is 0 Å². The molecular weight excluding hydrogens is 416 g/mol. The van der Waals surface area contributed by atoms with E-state index in [2.05, 4.69) is 52.7 Å². The third-order valence-corrected chi connectivity index (χ3v) is 5.93. The average Bonchev–Trinajstić information content (AvgIpc) is 2.86. The Morgan fingerprint density at radius 2 is 1.70 bits per heavy atom. The molecular formula is C27H32N2O4. The predicted molar refractivity (Wildman–Crippen MR) is 130 cm³/mol. The summed E-state index contributed by atoms with van der Waals surface area (Å²) >= 11 is 0. The smallest absolute Gasteiger partial charge is 0.251 e. The maximum atomic E-state index is 13.1. The van der Waals surface area contributed by atoms with Crippen LogP contribution in [0.4, 0.5) is 0 Å². The Balaban J connectivity index is 1.57. The highest BCUT2D eigenvalue weighted by molar-refractivity contribution is 5.95. The summed E-state index contributed by atoms with van der Waals surface area (Å²) in [6.45, 7) is 8.46. The minimum absolute atomic E-state index is 0.0537. The van der Waals surface area contributed by atoms with E-state index in [9.17, 15) is 4.79 Å². The summed E-state index contributed by atoms with van der Waals surface area (Å²) in [5.74, 6) is 1.11. The molecule has 0 spiro atoms. The Labute approximate surface area is 195 Å². The first-order valence-electron chi connectivity index (χ1n) is 11.7. The van der Waals surface area contributed by atoms with E-state index in [4.69, 9.17) is 14.2 Å². The van der Waals surface area contributed by atoms with Crippen LogP contribution in [-0.2, 0) is 4.74 Å². The van der Waals surface area contributed by atoms with Crippen LogP contribution in [0.3, 0.4) is 0 Å². The lowest BCUT2D eigenvalue weighted by molar-refractivity contribution is 0.0165. The van der Waals surface area contributed by atoms with Gasteiger partial charge in [-0.15, -0.1) is 0 Å². The summed E-state index contributed by atoms with van der Waals surface area (Å²) in [6.07, 6.45) is 0. The monoisotopic (exact) mass is 448 g/mol. The number of hydrogen-bond donors (Lipinski definition) is 1.